The Morgan fingerprint density at radius 3 is 2.62 bits per heavy atom. The normalized spacial score (nSPS) is 15.6. The number of pyridine rings is 1. The van der Waals surface area contributed by atoms with E-state index in [1.54, 1.807) is 0 Å². The smallest absolute Gasteiger partial charge is 0.139 e. The lowest BCUT2D eigenvalue weighted by Gasteiger charge is -2.19. The predicted octanol–water partition coefficient (Wildman–Crippen LogP) is 3.00. The molecule has 5 rings (SSSR count). The molecular formula is C20H16BN3. The first-order chi connectivity index (χ1) is 11.8. The molecule has 1 unspecified atom stereocenters. The molecule has 0 amide bonds. The summed E-state index contributed by atoms with van der Waals surface area (Å²) < 4.78 is 0. The van der Waals surface area contributed by atoms with E-state index in [0.29, 0.717) is 0 Å². The topological polar surface area (TPSA) is 40.7 Å². The molecule has 4 heteroatoms. The summed E-state index contributed by atoms with van der Waals surface area (Å²) in [6.45, 7) is 0. The molecule has 0 radical (unpaired) electrons. The van der Waals surface area contributed by atoms with Gasteiger partial charge in [0.2, 0.25) is 0 Å². The van der Waals surface area contributed by atoms with Crippen molar-refractivity contribution in [3.8, 4) is 11.1 Å². The molecule has 2 aromatic heterocycles. The SMILES string of the molecule is Bc1ccc(C2Nc3ccccc3-c3ccnc4[nH]cc2c34)cc1. The summed E-state index contributed by atoms with van der Waals surface area (Å²) in [5.41, 5.74) is 8.33. The Hall–Kier alpha value is -3.01. The average Bonchev–Trinajstić information content (AvgIpc) is 2.98. The number of nitrogens with one attached hydrogen (secondary N) is 2. The highest BCUT2D eigenvalue weighted by atomic mass is 14.9. The summed E-state index contributed by atoms with van der Waals surface area (Å²) in [4.78, 5) is 7.86. The van der Waals surface area contributed by atoms with Crippen LogP contribution in [0.25, 0.3) is 22.2 Å². The van der Waals surface area contributed by atoms with Gasteiger partial charge in [0, 0.05) is 34.6 Å². The number of aromatic nitrogens is 2. The van der Waals surface area contributed by atoms with E-state index >= 15 is 0 Å². The molecule has 2 aromatic carbocycles. The van der Waals surface area contributed by atoms with Crippen molar-refractivity contribution >= 4 is 30.0 Å². The molecule has 114 valence electrons. The second kappa shape index (κ2) is 5.00. The Labute approximate surface area is 141 Å². The number of rotatable bonds is 1. The monoisotopic (exact) mass is 309 g/mol. The van der Waals surface area contributed by atoms with Crippen LogP contribution >= 0.6 is 0 Å². The fraction of sp³-hybridized carbons (Fsp3) is 0.0500. The molecule has 4 aromatic rings. The fourth-order valence-electron chi connectivity index (χ4n) is 3.63. The van der Waals surface area contributed by atoms with Gasteiger partial charge in [-0.3, -0.25) is 0 Å². The maximum absolute atomic E-state index is 4.52. The summed E-state index contributed by atoms with van der Waals surface area (Å²) in [6, 6.07) is 19.5. The highest BCUT2D eigenvalue weighted by Crippen LogP contribution is 2.43. The van der Waals surface area contributed by atoms with Crippen LogP contribution in [-0.4, -0.2) is 17.8 Å². The number of benzene rings is 2. The Morgan fingerprint density at radius 1 is 0.917 bits per heavy atom. The maximum Gasteiger partial charge on any atom is 0.139 e. The van der Waals surface area contributed by atoms with E-state index in [1.807, 2.05) is 6.20 Å². The van der Waals surface area contributed by atoms with Gasteiger partial charge in [0.05, 0.1) is 6.04 Å². The Kier molecular flexibility index (Phi) is 2.80. The van der Waals surface area contributed by atoms with Crippen molar-refractivity contribution in [1.82, 2.24) is 9.97 Å². The van der Waals surface area contributed by atoms with E-state index < -0.39 is 0 Å². The van der Waals surface area contributed by atoms with Crippen LogP contribution in [0.2, 0.25) is 0 Å². The number of para-hydroxylation sites is 1. The van der Waals surface area contributed by atoms with Crippen LogP contribution in [0.5, 0.6) is 0 Å². The van der Waals surface area contributed by atoms with Gasteiger partial charge in [-0.25, -0.2) is 4.98 Å². The van der Waals surface area contributed by atoms with Crippen LogP contribution in [-0.2, 0) is 0 Å². The van der Waals surface area contributed by atoms with Crippen molar-refractivity contribution in [3.05, 3.63) is 78.1 Å². The van der Waals surface area contributed by atoms with Gasteiger partial charge in [-0.2, -0.15) is 0 Å². The van der Waals surface area contributed by atoms with Crippen LogP contribution in [0.4, 0.5) is 5.69 Å². The van der Waals surface area contributed by atoms with Gasteiger partial charge in [0.25, 0.3) is 0 Å². The van der Waals surface area contributed by atoms with Gasteiger partial charge in [0.15, 0.2) is 0 Å². The first-order valence-corrected chi connectivity index (χ1v) is 8.20. The minimum atomic E-state index is 0.103. The van der Waals surface area contributed by atoms with Crippen LogP contribution in [0.1, 0.15) is 17.2 Å². The van der Waals surface area contributed by atoms with Crippen molar-refractivity contribution in [2.45, 2.75) is 6.04 Å². The zero-order valence-electron chi connectivity index (χ0n) is 13.4. The van der Waals surface area contributed by atoms with Crippen molar-refractivity contribution in [3.63, 3.8) is 0 Å². The standard InChI is InChI=1S/C20H16BN3/c21-13-7-5-12(6-8-13)19-16-11-23-20-18(16)15(9-10-22-20)14-3-1-2-4-17(14)24-19/h1-11,19,24H,21H2,(H,22,23). The molecule has 0 fully saturated rings. The molecule has 1 aliphatic heterocycles. The fourth-order valence-corrected chi connectivity index (χ4v) is 3.63. The van der Waals surface area contributed by atoms with E-state index in [0.717, 1.165) is 11.3 Å². The molecule has 0 spiro atoms. The van der Waals surface area contributed by atoms with Gasteiger partial charge < -0.3 is 10.3 Å². The van der Waals surface area contributed by atoms with Crippen molar-refractivity contribution in [2.24, 2.45) is 0 Å². The second-order valence-electron chi connectivity index (χ2n) is 6.36. The molecule has 3 nitrogen and oxygen atoms in total. The van der Waals surface area contributed by atoms with Crippen LogP contribution < -0.4 is 10.8 Å². The minimum absolute atomic E-state index is 0.103. The molecule has 2 N–H and O–H groups in total. The highest BCUT2D eigenvalue weighted by Gasteiger charge is 2.25. The largest absolute Gasteiger partial charge is 0.374 e. The van der Waals surface area contributed by atoms with Crippen molar-refractivity contribution in [2.75, 3.05) is 5.32 Å². The van der Waals surface area contributed by atoms with Crippen LogP contribution in [0.3, 0.4) is 0 Å². The maximum atomic E-state index is 4.52. The summed E-state index contributed by atoms with van der Waals surface area (Å²) >= 11 is 0. The summed E-state index contributed by atoms with van der Waals surface area (Å²) in [5.74, 6) is 0. The third kappa shape index (κ3) is 1.89. The molecule has 0 bridgehead atoms. The van der Waals surface area contributed by atoms with E-state index in [-0.39, 0.29) is 6.04 Å². The summed E-state index contributed by atoms with van der Waals surface area (Å²) in [5, 5.41) is 4.95. The second-order valence-corrected chi connectivity index (χ2v) is 6.36. The Morgan fingerprint density at radius 2 is 1.75 bits per heavy atom. The van der Waals surface area contributed by atoms with Gasteiger partial charge in [-0.15, -0.1) is 0 Å². The Balaban J connectivity index is 1.83. The molecule has 1 atom stereocenters. The lowest BCUT2D eigenvalue weighted by Crippen LogP contribution is -2.12. The van der Waals surface area contributed by atoms with E-state index in [1.165, 1.54) is 33.1 Å². The quantitative estimate of drug-likeness (QED) is 0.531. The molecule has 1 aliphatic rings. The number of aromatic amines is 1. The molecule has 0 saturated heterocycles. The van der Waals surface area contributed by atoms with Gasteiger partial charge in [-0.1, -0.05) is 47.9 Å². The number of nitrogens with zero attached hydrogens (tertiary/aromatic N) is 1. The van der Waals surface area contributed by atoms with E-state index in [9.17, 15) is 0 Å². The third-order valence-corrected chi connectivity index (χ3v) is 4.84. The average molecular weight is 309 g/mol. The zero-order valence-corrected chi connectivity index (χ0v) is 13.4. The summed E-state index contributed by atoms with van der Waals surface area (Å²) in [7, 11) is 2.12. The molecule has 0 aliphatic carbocycles. The van der Waals surface area contributed by atoms with Gasteiger partial charge >= 0.3 is 0 Å². The first-order valence-electron chi connectivity index (χ1n) is 8.20. The highest BCUT2D eigenvalue weighted by molar-refractivity contribution is 6.32. The Bertz CT molecular complexity index is 1050. The number of H-pyrrole nitrogens is 1. The van der Waals surface area contributed by atoms with Gasteiger partial charge in [0.1, 0.15) is 13.5 Å². The van der Waals surface area contributed by atoms with Gasteiger partial charge in [-0.05, 0) is 23.3 Å². The third-order valence-electron chi connectivity index (χ3n) is 4.84. The lowest BCUT2D eigenvalue weighted by atomic mass is 9.91. The summed E-state index contributed by atoms with van der Waals surface area (Å²) in [6.07, 6.45) is 3.96. The lowest BCUT2D eigenvalue weighted by molar-refractivity contribution is 0.954. The molecule has 0 saturated carbocycles. The van der Waals surface area contributed by atoms with E-state index in [4.69, 9.17) is 0 Å². The molecule has 3 heterocycles. The van der Waals surface area contributed by atoms with Crippen LogP contribution in [0, 0.1) is 0 Å². The van der Waals surface area contributed by atoms with Crippen molar-refractivity contribution < 1.29 is 0 Å². The molecule has 24 heavy (non-hydrogen) atoms. The van der Waals surface area contributed by atoms with Crippen molar-refractivity contribution in [1.29, 1.82) is 0 Å². The zero-order chi connectivity index (χ0) is 16.1. The van der Waals surface area contributed by atoms with Crippen LogP contribution in [0.15, 0.2) is 67.0 Å². The van der Waals surface area contributed by atoms with E-state index in [2.05, 4.69) is 83.9 Å². The number of anilines is 1. The number of hydrogen-bond donors (Lipinski definition) is 2. The number of hydrogen-bond acceptors (Lipinski definition) is 2. The number of fused-ring (bicyclic) bond motifs is 2. The predicted molar refractivity (Wildman–Crippen MR) is 102 cm³/mol. The first kappa shape index (κ1) is 13.4. The minimum Gasteiger partial charge on any atom is -0.374 e. The molecular weight excluding hydrogens is 293 g/mol.